The van der Waals surface area contributed by atoms with E-state index in [1.54, 1.807) is 6.92 Å². The molecule has 1 aliphatic heterocycles. The molecule has 5 nitrogen and oxygen atoms in total. The van der Waals surface area contributed by atoms with Crippen LogP contribution in [-0.4, -0.2) is 40.2 Å². The summed E-state index contributed by atoms with van der Waals surface area (Å²) in [5, 5.41) is 14.9. The number of carboxylic acid groups (broad SMARTS) is 1. The molecule has 0 aromatic carbocycles. The quantitative estimate of drug-likeness (QED) is 0.690. The molecular weight excluding hydrogens is 252 g/mol. The molecule has 0 bridgehead atoms. The van der Waals surface area contributed by atoms with E-state index in [1.165, 1.54) is 6.42 Å². The van der Waals surface area contributed by atoms with E-state index < -0.39 is 11.5 Å². The molecule has 1 fully saturated rings. The SMILES string of the molecule is CCCC(C)(NC(=O)NCC1CCCS1)C(=O)O. The van der Waals surface area contributed by atoms with Crippen molar-refractivity contribution in [3.8, 4) is 0 Å². The van der Waals surface area contributed by atoms with Crippen molar-refractivity contribution in [1.82, 2.24) is 10.6 Å². The molecule has 0 aromatic heterocycles. The van der Waals surface area contributed by atoms with Gasteiger partial charge >= 0.3 is 12.0 Å². The van der Waals surface area contributed by atoms with Gasteiger partial charge in [-0.3, -0.25) is 0 Å². The van der Waals surface area contributed by atoms with Crippen LogP contribution in [0, 0.1) is 0 Å². The van der Waals surface area contributed by atoms with E-state index in [9.17, 15) is 9.59 Å². The summed E-state index contributed by atoms with van der Waals surface area (Å²) in [6.45, 7) is 4.05. The second-order valence-corrected chi connectivity index (χ2v) is 6.27. The summed E-state index contributed by atoms with van der Waals surface area (Å²) in [6, 6.07) is -0.388. The molecule has 1 heterocycles. The van der Waals surface area contributed by atoms with Crippen LogP contribution in [0.4, 0.5) is 4.79 Å². The zero-order valence-corrected chi connectivity index (χ0v) is 11.8. The summed E-state index contributed by atoms with van der Waals surface area (Å²) in [6.07, 6.45) is 3.45. The molecule has 1 aliphatic rings. The predicted molar refractivity (Wildman–Crippen MR) is 73.0 cm³/mol. The minimum absolute atomic E-state index is 0.388. The minimum atomic E-state index is -1.18. The Balaban J connectivity index is 2.38. The van der Waals surface area contributed by atoms with Gasteiger partial charge in [0.25, 0.3) is 0 Å². The Kier molecular flexibility index (Phi) is 5.78. The van der Waals surface area contributed by atoms with Crippen LogP contribution in [0.3, 0.4) is 0 Å². The summed E-state index contributed by atoms with van der Waals surface area (Å²) < 4.78 is 0. The van der Waals surface area contributed by atoms with Crippen LogP contribution in [0.5, 0.6) is 0 Å². The Bertz CT molecular complexity index is 306. The minimum Gasteiger partial charge on any atom is -0.480 e. The van der Waals surface area contributed by atoms with Gasteiger partial charge in [0.2, 0.25) is 0 Å². The third-order valence-electron chi connectivity index (χ3n) is 3.13. The van der Waals surface area contributed by atoms with Gasteiger partial charge in [-0.1, -0.05) is 13.3 Å². The molecule has 0 radical (unpaired) electrons. The average Bonchev–Trinajstić information content (AvgIpc) is 2.79. The first-order valence-corrected chi connectivity index (χ1v) is 7.44. The number of hydrogen-bond acceptors (Lipinski definition) is 3. The molecule has 0 spiro atoms. The number of aliphatic carboxylic acids is 1. The summed E-state index contributed by atoms with van der Waals surface area (Å²) in [5.74, 6) is 0.158. The van der Waals surface area contributed by atoms with E-state index in [0.29, 0.717) is 24.6 Å². The summed E-state index contributed by atoms with van der Waals surface area (Å²) in [7, 11) is 0. The van der Waals surface area contributed by atoms with E-state index in [4.69, 9.17) is 5.11 Å². The topological polar surface area (TPSA) is 78.4 Å². The number of carboxylic acids is 1. The lowest BCUT2D eigenvalue weighted by Crippen LogP contribution is -2.55. The maximum Gasteiger partial charge on any atom is 0.329 e. The lowest BCUT2D eigenvalue weighted by molar-refractivity contribution is -0.144. The predicted octanol–water partition coefficient (Wildman–Crippen LogP) is 1.82. The van der Waals surface area contributed by atoms with E-state index in [1.807, 2.05) is 18.7 Å². The summed E-state index contributed by atoms with van der Waals surface area (Å²) in [4.78, 5) is 22.9. The second-order valence-electron chi connectivity index (χ2n) is 4.86. The Morgan fingerprint density at radius 3 is 2.72 bits per heavy atom. The van der Waals surface area contributed by atoms with Gasteiger partial charge in [-0.2, -0.15) is 11.8 Å². The molecular formula is C12H22N2O3S. The van der Waals surface area contributed by atoms with Crippen LogP contribution >= 0.6 is 11.8 Å². The van der Waals surface area contributed by atoms with Crippen LogP contribution in [0.1, 0.15) is 39.5 Å². The number of urea groups is 1. The van der Waals surface area contributed by atoms with Crippen LogP contribution < -0.4 is 10.6 Å². The Hall–Kier alpha value is -0.910. The highest BCUT2D eigenvalue weighted by molar-refractivity contribution is 8.00. The van der Waals surface area contributed by atoms with Gasteiger partial charge in [0.1, 0.15) is 5.54 Å². The summed E-state index contributed by atoms with van der Waals surface area (Å²) in [5.41, 5.74) is -1.18. The van der Waals surface area contributed by atoms with Crippen molar-refractivity contribution in [2.75, 3.05) is 12.3 Å². The van der Waals surface area contributed by atoms with Crippen molar-refractivity contribution in [1.29, 1.82) is 0 Å². The molecule has 2 unspecified atom stereocenters. The van der Waals surface area contributed by atoms with Gasteiger partial charge < -0.3 is 15.7 Å². The smallest absolute Gasteiger partial charge is 0.329 e. The lowest BCUT2D eigenvalue weighted by Gasteiger charge is -2.26. The number of carbonyl (C=O) groups excluding carboxylic acids is 1. The monoisotopic (exact) mass is 274 g/mol. The molecule has 18 heavy (non-hydrogen) atoms. The molecule has 0 saturated carbocycles. The first-order chi connectivity index (χ1) is 8.48. The number of carbonyl (C=O) groups is 2. The van der Waals surface area contributed by atoms with E-state index in [0.717, 1.165) is 12.2 Å². The van der Waals surface area contributed by atoms with Crippen LogP contribution in [-0.2, 0) is 4.79 Å². The fraction of sp³-hybridized carbons (Fsp3) is 0.833. The van der Waals surface area contributed by atoms with Crippen molar-refractivity contribution < 1.29 is 14.7 Å². The van der Waals surface area contributed by atoms with Gasteiger partial charge in [0, 0.05) is 11.8 Å². The molecule has 1 rings (SSSR count). The fourth-order valence-corrected chi connectivity index (χ4v) is 3.23. The van der Waals surface area contributed by atoms with Crippen molar-refractivity contribution in [3.63, 3.8) is 0 Å². The van der Waals surface area contributed by atoms with Gasteiger partial charge in [-0.25, -0.2) is 9.59 Å². The first kappa shape index (κ1) is 15.1. The highest BCUT2D eigenvalue weighted by atomic mass is 32.2. The van der Waals surface area contributed by atoms with Crippen molar-refractivity contribution in [3.05, 3.63) is 0 Å². The molecule has 2 amide bonds. The van der Waals surface area contributed by atoms with Gasteiger partial charge in [-0.05, 0) is 31.9 Å². The molecule has 0 aliphatic carbocycles. The molecule has 6 heteroatoms. The Morgan fingerprint density at radius 2 is 2.22 bits per heavy atom. The fourth-order valence-electron chi connectivity index (χ4n) is 2.03. The zero-order valence-electron chi connectivity index (χ0n) is 11.0. The van der Waals surface area contributed by atoms with Crippen LogP contribution in [0.15, 0.2) is 0 Å². The molecule has 0 aromatic rings. The third kappa shape index (κ3) is 4.40. The highest BCUT2D eigenvalue weighted by Gasteiger charge is 2.33. The van der Waals surface area contributed by atoms with Gasteiger partial charge in [0.15, 0.2) is 0 Å². The standard InChI is InChI=1S/C12H22N2O3S/c1-3-6-12(2,10(15)16)14-11(17)13-8-9-5-4-7-18-9/h9H,3-8H2,1-2H3,(H,15,16)(H2,13,14,17). The zero-order chi connectivity index (χ0) is 13.6. The number of nitrogens with one attached hydrogen (secondary N) is 2. The van der Waals surface area contributed by atoms with Gasteiger partial charge in [0.05, 0.1) is 0 Å². The third-order valence-corrected chi connectivity index (χ3v) is 4.52. The number of hydrogen-bond donors (Lipinski definition) is 3. The van der Waals surface area contributed by atoms with Crippen molar-refractivity contribution in [2.45, 2.75) is 50.3 Å². The van der Waals surface area contributed by atoms with Crippen LogP contribution in [0.2, 0.25) is 0 Å². The molecule has 3 N–H and O–H groups in total. The first-order valence-electron chi connectivity index (χ1n) is 6.39. The number of amides is 2. The number of thioether (sulfide) groups is 1. The molecule has 104 valence electrons. The summed E-state index contributed by atoms with van der Waals surface area (Å²) >= 11 is 1.86. The maximum absolute atomic E-state index is 11.7. The Labute approximate surface area is 112 Å². The van der Waals surface area contributed by atoms with E-state index in [-0.39, 0.29) is 6.03 Å². The van der Waals surface area contributed by atoms with Gasteiger partial charge in [-0.15, -0.1) is 0 Å². The van der Waals surface area contributed by atoms with Crippen LogP contribution in [0.25, 0.3) is 0 Å². The Morgan fingerprint density at radius 1 is 1.50 bits per heavy atom. The largest absolute Gasteiger partial charge is 0.480 e. The maximum atomic E-state index is 11.7. The molecule has 2 atom stereocenters. The average molecular weight is 274 g/mol. The lowest BCUT2D eigenvalue weighted by atomic mass is 9.97. The normalized spacial score (nSPS) is 22.2. The second kappa shape index (κ2) is 6.87. The van der Waals surface area contributed by atoms with Crippen molar-refractivity contribution in [2.24, 2.45) is 0 Å². The highest BCUT2D eigenvalue weighted by Crippen LogP contribution is 2.25. The molecule has 1 saturated heterocycles. The van der Waals surface area contributed by atoms with Crippen molar-refractivity contribution >= 4 is 23.8 Å². The van der Waals surface area contributed by atoms with E-state index >= 15 is 0 Å². The number of rotatable bonds is 6. The van der Waals surface area contributed by atoms with E-state index in [2.05, 4.69) is 10.6 Å².